The van der Waals surface area contributed by atoms with Crippen LogP contribution in [0.4, 0.5) is 0 Å². The number of hydrogen-bond acceptors (Lipinski definition) is 2. The van der Waals surface area contributed by atoms with Gasteiger partial charge in [0.05, 0.1) is 13.5 Å². The van der Waals surface area contributed by atoms with Crippen LogP contribution in [0, 0.1) is 13.8 Å². The average molecular weight is 220 g/mol. The number of carbonyl (C=O) groups is 1. The second-order valence-electron chi connectivity index (χ2n) is 3.82. The summed E-state index contributed by atoms with van der Waals surface area (Å²) in [5, 5.41) is 8.70. The third kappa shape index (κ3) is 2.63. The zero-order valence-electron chi connectivity index (χ0n) is 9.83. The lowest BCUT2D eigenvalue weighted by molar-refractivity contribution is -0.135. The summed E-state index contributed by atoms with van der Waals surface area (Å²) in [5.74, 6) is -0.0250. The summed E-state index contributed by atoms with van der Waals surface area (Å²) in [4.78, 5) is 10.6. The number of carboxylic acid groups (broad SMARTS) is 1. The Hall–Kier alpha value is -1.77. The van der Waals surface area contributed by atoms with E-state index in [-0.39, 0.29) is 6.42 Å². The lowest BCUT2D eigenvalue weighted by Gasteiger charge is -2.12. The number of methoxy groups -OCH3 is 1. The van der Waals surface area contributed by atoms with Crippen molar-refractivity contribution < 1.29 is 14.6 Å². The monoisotopic (exact) mass is 220 g/mol. The minimum atomic E-state index is -0.865. The van der Waals surface area contributed by atoms with Crippen molar-refractivity contribution in [2.75, 3.05) is 7.11 Å². The molecule has 0 atom stereocenters. The van der Waals surface area contributed by atoms with E-state index in [2.05, 4.69) is 6.58 Å². The quantitative estimate of drug-likeness (QED) is 0.848. The van der Waals surface area contributed by atoms with E-state index in [0.717, 1.165) is 22.4 Å². The highest BCUT2D eigenvalue weighted by atomic mass is 16.5. The number of hydrogen-bond donors (Lipinski definition) is 1. The van der Waals surface area contributed by atoms with Crippen LogP contribution < -0.4 is 4.74 Å². The van der Waals surface area contributed by atoms with E-state index < -0.39 is 5.97 Å². The minimum Gasteiger partial charge on any atom is -0.496 e. The molecule has 0 aliphatic rings. The molecule has 3 nitrogen and oxygen atoms in total. The standard InChI is InChI=1S/C13H16O3/c1-8(7-12(14)15)11-5-9(2)13(16-4)10(3)6-11/h5-6H,1,7H2,2-4H3,(H,14,15). The number of aliphatic carboxylic acids is 1. The number of carboxylic acids is 1. The van der Waals surface area contributed by atoms with Crippen LogP contribution in [0.15, 0.2) is 18.7 Å². The van der Waals surface area contributed by atoms with Gasteiger partial charge in [-0.25, -0.2) is 0 Å². The molecule has 0 amide bonds. The topological polar surface area (TPSA) is 46.5 Å². The Labute approximate surface area is 95.4 Å². The molecule has 0 fully saturated rings. The van der Waals surface area contributed by atoms with E-state index in [1.54, 1.807) is 7.11 Å². The molecule has 1 rings (SSSR count). The molecule has 1 aromatic carbocycles. The van der Waals surface area contributed by atoms with Gasteiger partial charge in [0.1, 0.15) is 5.75 Å². The molecule has 3 heteroatoms. The largest absolute Gasteiger partial charge is 0.496 e. The maximum Gasteiger partial charge on any atom is 0.307 e. The molecular formula is C13H16O3. The maximum atomic E-state index is 10.6. The van der Waals surface area contributed by atoms with Crippen molar-refractivity contribution in [2.45, 2.75) is 20.3 Å². The fourth-order valence-electron chi connectivity index (χ4n) is 1.76. The second-order valence-corrected chi connectivity index (χ2v) is 3.82. The normalized spacial score (nSPS) is 9.94. The third-order valence-corrected chi connectivity index (χ3v) is 2.44. The average Bonchev–Trinajstić information content (AvgIpc) is 2.16. The van der Waals surface area contributed by atoms with Crippen LogP contribution in [0.25, 0.3) is 5.57 Å². The molecule has 0 aliphatic heterocycles. The van der Waals surface area contributed by atoms with Crippen molar-refractivity contribution in [3.63, 3.8) is 0 Å². The van der Waals surface area contributed by atoms with Crippen molar-refractivity contribution in [3.05, 3.63) is 35.4 Å². The molecule has 1 N–H and O–H groups in total. The van der Waals surface area contributed by atoms with Crippen LogP contribution in [-0.2, 0) is 4.79 Å². The summed E-state index contributed by atoms with van der Waals surface area (Å²) in [5.41, 5.74) is 3.45. The number of benzene rings is 1. The van der Waals surface area contributed by atoms with E-state index in [1.165, 1.54) is 0 Å². The first-order valence-corrected chi connectivity index (χ1v) is 5.01. The van der Waals surface area contributed by atoms with Crippen LogP contribution in [0.2, 0.25) is 0 Å². The van der Waals surface area contributed by atoms with Gasteiger partial charge in [-0.1, -0.05) is 6.58 Å². The molecule has 16 heavy (non-hydrogen) atoms. The molecule has 0 bridgehead atoms. The molecular weight excluding hydrogens is 204 g/mol. The zero-order chi connectivity index (χ0) is 12.3. The lowest BCUT2D eigenvalue weighted by atomic mass is 9.99. The fourth-order valence-corrected chi connectivity index (χ4v) is 1.76. The van der Waals surface area contributed by atoms with Crippen LogP contribution >= 0.6 is 0 Å². The molecule has 0 spiro atoms. The van der Waals surface area contributed by atoms with Crippen molar-refractivity contribution in [1.82, 2.24) is 0 Å². The van der Waals surface area contributed by atoms with Gasteiger partial charge in [0, 0.05) is 0 Å². The van der Waals surface area contributed by atoms with Gasteiger partial charge >= 0.3 is 5.97 Å². The second kappa shape index (κ2) is 4.84. The molecule has 0 saturated carbocycles. The number of rotatable bonds is 4. The van der Waals surface area contributed by atoms with Crippen LogP contribution in [0.5, 0.6) is 5.75 Å². The van der Waals surface area contributed by atoms with Crippen molar-refractivity contribution in [3.8, 4) is 5.75 Å². The Morgan fingerprint density at radius 2 is 1.88 bits per heavy atom. The van der Waals surface area contributed by atoms with Gasteiger partial charge in [-0.15, -0.1) is 0 Å². The fraction of sp³-hybridized carbons (Fsp3) is 0.308. The van der Waals surface area contributed by atoms with Crippen LogP contribution in [-0.4, -0.2) is 18.2 Å². The SMILES string of the molecule is C=C(CC(=O)O)c1cc(C)c(OC)c(C)c1. The predicted octanol–water partition coefficient (Wildman–Crippen LogP) is 2.80. The lowest BCUT2D eigenvalue weighted by Crippen LogP contribution is -1.98. The summed E-state index contributed by atoms with van der Waals surface area (Å²) in [6.07, 6.45) is -0.0365. The number of ether oxygens (including phenoxy) is 1. The molecule has 0 heterocycles. The van der Waals surface area contributed by atoms with Gasteiger partial charge in [0.2, 0.25) is 0 Å². The maximum absolute atomic E-state index is 10.6. The molecule has 0 aromatic heterocycles. The Kier molecular flexibility index (Phi) is 3.72. The summed E-state index contributed by atoms with van der Waals surface area (Å²) in [6, 6.07) is 3.80. The van der Waals surface area contributed by atoms with Crippen molar-refractivity contribution in [1.29, 1.82) is 0 Å². The van der Waals surface area contributed by atoms with Crippen LogP contribution in [0.1, 0.15) is 23.1 Å². The highest BCUT2D eigenvalue weighted by Crippen LogP contribution is 2.28. The summed E-state index contributed by atoms with van der Waals surface area (Å²) < 4.78 is 5.25. The van der Waals surface area contributed by atoms with Crippen molar-refractivity contribution in [2.24, 2.45) is 0 Å². The third-order valence-electron chi connectivity index (χ3n) is 2.44. The molecule has 0 radical (unpaired) electrons. The van der Waals surface area contributed by atoms with E-state index in [1.807, 2.05) is 26.0 Å². The molecule has 0 aliphatic carbocycles. The van der Waals surface area contributed by atoms with Gasteiger partial charge in [-0.2, -0.15) is 0 Å². The Balaban J connectivity index is 3.08. The summed E-state index contributed by atoms with van der Waals surface area (Å²) in [7, 11) is 1.63. The minimum absolute atomic E-state index is 0.0365. The highest BCUT2D eigenvalue weighted by Gasteiger charge is 2.09. The van der Waals surface area contributed by atoms with Gasteiger partial charge in [-0.3, -0.25) is 4.79 Å². The summed E-state index contributed by atoms with van der Waals surface area (Å²) in [6.45, 7) is 7.65. The summed E-state index contributed by atoms with van der Waals surface area (Å²) >= 11 is 0. The Bertz CT molecular complexity index is 410. The van der Waals surface area contributed by atoms with Gasteiger partial charge in [-0.05, 0) is 48.2 Å². The van der Waals surface area contributed by atoms with Crippen molar-refractivity contribution >= 4 is 11.5 Å². The number of aryl methyl sites for hydroxylation is 2. The first kappa shape index (κ1) is 12.3. The first-order valence-electron chi connectivity index (χ1n) is 5.01. The van der Waals surface area contributed by atoms with Gasteiger partial charge in [0.25, 0.3) is 0 Å². The Morgan fingerprint density at radius 3 is 2.25 bits per heavy atom. The predicted molar refractivity (Wildman–Crippen MR) is 63.8 cm³/mol. The van der Waals surface area contributed by atoms with Crippen LogP contribution in [0.3, 0.4) is 0 Å². The molecule has 1 aromatic rings. The first-order chi connectivity index (χ1) is 7.45. The Morgan fingerprint density at radius 1 is 1.38 bits per heavy atom. The van der Waals surface area contributed by atoms with Gasteiger partial charge < -0.3 is 9.84 Å². The van der Waals surface area contributed by atoms with Gasteiger partial charge in [0.15, 0.2) is 0 Å². The van der Waals surface area contributed by atoms with E-state index in [9.17, 15) is 4.79 Å². The zero-order valence-corrected chi connectivity index (χ0v) is 9.83. The van der Waals surface area contributed by atoms with E-state index >= 15 is 0 Å². The van der Waals surface area contributed by atoms with E-state index in [4.69, 9.17) is 9.84 Å². The molecule has 86 valence electrons. The molecule has 0 unspecified atom stereocenters. The smallest absolute Gasteiger partial charge is 0.307 e. The molecule has 0 saturated heterocycles. The highest BCUT2D eigenvalue weighted by molar-refractivity contribution is 5.83. The van der Waals surface area contributed by atoms with E-state index in [0.29, 0.717) is 5.57 Å².